The van der Waals surface area contributed by atoms with Crippen molar-refractivity contribution >= 4 is 11.6 Å². The molecule has 0 rings (SSSR count). The highest BCUT2D eigenvalue weighted by molar-refractivity contribution is 6.18. The summed E-state index contributed by atoms with van der Waals surface area (Å²) in [5, 5.41) is 9.00. The normalized spacial score (nSPS) is 18.9. The summed E-state index contributed by atoms with van der Waals surface area (Å²) in [7, 11) is 0. The van der Waals surface area contributed by atoms with Gasteiger partial charge in [-0.05, 0) is 13.3 Å². The van der Waals surface area contributed by atoms with E-state index in [1.165, 1.54) is 0 Å². The molecule has 0 aromatic rings. The molecule has 2 heteroatoms. The van der Waals surface area contributed by atoms with Crippen molar-refractivity contribution in [2.24, 2.45) is 0 Å². The second kappa shape index (κ2) is 2.53. The second-order valence-corrected chi connectivity index (χ2v) is 2.25. The van der Waals surface area contributed by atoms with Gasteiger partial charge >= 0.3 is 0 Å². The summed E-state index contributed by atoms with van der Waals surface area (Å²) in [6, 6.07) is 0. The fourth-order valence-corrected chi connectivity index (χ4v) is 0.283. The van der Waals surface area contributed by atoms with Crippen LogP contribution in [0.15, 0.2) is 0 Å². The molecule has 0 heterocycles. The van der Waals surface area contributed by atoms with Crippen molar-refractivity contribution in [2.75, 3.05) is 5.88 Å². The second-order valence-electron chi connectivity index (χ2n) is 1.98. The molecule has 0 spiro atoms. The molecule has 0 aromatic heterocycles. The van der Waals surface area contributed by atoms with Crippen LogP contribution in [0.1, 0.15) is 20.3 Å². The summed E-state index contributed by atoms with van der Waals surface area (Å²) in [6.45, 7) is 3.63. The Morgan fingerprint density at radius 2 is 2.14 bits per heavy atom. The van der Waals surface area contributed by atoms with Gasteiger partial charge in [0, 0.05) is 0 Å². The summed E-state index contributed by atoms with van der Waals surface area (Å²) >= 11 is 5.34. The van der Waals surface area contributed by atoms with Crippen molar-refractivity contribution < 1.29 is 5.11 Å². The Hall–Kier alpha value is 0.250. The van der Waals surface area contributed by atoms with Crippen molar-refractivity contribution in [3.05, 3.63) is 0 Å². The summed E-state index contributed by atoms with van der Waals surface area (Å²) in [5.41, 5.74) is -0.651. The zero-order chi connectivity index (χ0) is 5.91. The molecule has 0 saturated carbocycles. The van der Waals surface area contributed by atoms with Crippen LogP contribution in [0.3, 0.4) is 0 Å². The van der Waals surface area contributed by atoms with Gasteiger partial charge in [0.25, 0.3) is 0 Å². The minimum absolute atomic E-state index is 0.323. The SMILES string of the molecule is CCC(C)(O)CCl. The minimum Gasteiger partial charge on any atom is -0.389 e. The lowest BCUT2D eigenvalue weighted by atomic mass is 10.1. The average Bonchev–Trinajstić information content (AvgIpc) is 1.68. The first-order valence-corrected chi connectivity index (χ1v) is 2.94. The first-order valence-electron chi connectivity index (χ1n) is 2.41. The van der Waals surface area contributed by atoms with Crippen molar-refractivity contribution in [1.29, 1.82) is 0 Å². The third kappa shape index (κ3) is 2.89. The van der Waals surface area contributed by atoms with Crippen LogP contribution in [0.2, 0.25) is 0 Å². The Morgan fingerprint density at radius 3 is 2.14 bits per heavy atom. The fourth-order valence-electron chi connectivity index (χ4n) is 0.0945. The minimum atomic E-state index is -0.651. The van der Waals surface area contributed by atoms with Crippen LogP contribution in [0.25, 0.3) is 0 Å². The number of hydrogen-bond donors (Lipinski definition) is 1. The Labute approximate surface area is 49.3 Å². The van der Waals surface area contributed by atoms with Gasteiger partial charge in [-0.15, -0.1) is 11.6 Å². The molecule has 1 unspecified atom stereocenters. The van der Waals surface area contributed by atoms with Crippen molar-refractivity contribution in [3.63, 3.8) is 0 Å². The molecular formula is C5H11ClO. The first-order chi connectivity index (χ1) is 3.12. The van der Waals surface area contributed by atoms with E-state index < -0.39 is 5.60 Å². The quantitative estimate of drug-likeness (QED) is 0.549. The smallest absolute Gasteiger partial charge is 0.0751 e. The van der Waals surface area contributed by atoms with Gasteiger partial charge in [-0.1, -0.05) is 6.92 Å². The van der Waals surface area contributed by atoms with Crippen LogP contribution in [-0.2, 0) is 0 Å². The van der Waals surface area contributed by atoms with Gasteiger partial charge in [-0.2, -0.15) is 0 Å². The van der Waals surface area contributed by atoms with E-state index in [1.807, 2.05) is 6.92 Å². The van der Waals surface area contributed by atoms with Gasteiger partial charge < -0.3 is 5.11 Å². The van der Waals surface area contributed by atoms with E-state index in [9.17, 15) is 0 Å². The average molecular weight is 123 g/mol. The van der Waals surface area contributed by atoms with Gasteiger partial charge in [0.1, 0.15) is 0 Å². The van der Waals surface area contributed by atoms with E-state index in [-0.39, 0.29) is 0 Å². The molecule has 0 bridgehead atoms. The Balaban J connectivity index is 3.36. The van der Waals surface area contributed by atoms with Crippen LogP contribution < -0.4 is 0 Å². The molecule has 1 atom stereocenters. The van der Waals surface area contributed by atoms with Gasteiger partial charge in [-0.25, -0.2) is 0 Å². The van der Waals surface area contributed by atoms with Crippen LogP contribution in [0, 0.1) is 0 Å². The molecule has 0 fully saturated rings. The number of aliphatic hydroxyl groups is 1. The van der Waals surface area contributed by atoms with Crippen molar-refractivity contribution in [3.8, 4) is 0 Å². The number of alkyl halides is 1. The van der Waals surface area contributed by atoms with E-state index in [0.717, 1.165) is 6.42 Å². The molecule has 1 N–H and O–H groups in total. The number of halogens is 1. The molecule has 0 aliphatic heterocycles. The molecular weight excluding hydrogens is 112 g/mol. The molecule has 7 heavy (non-hydrogen) atoms. The van der Waals surface area contributed by atoms with Crippen molar-refractivity contribution in [2.45, 2.75) is 25.9 Å². The molecule has 1 nitrogen and oxygen atoms in total. The van der Waals surface area contributed by atoms with Gasteiger partial charge in [0.05, 0.1) is 11.5 Å². The Kier molecular flexibility index (Phi) is 2.62. The Bertz CT molecular complexity index is 46.0. The zero-order valence-corrected chi connectivity index (χ0v) is 5.50. The topological polar surface area (TPSA) is 20.2 Å². The molecule has 0 aromatic carbocycles. The maximum absolute atomic E-state index is 9.00. The standard InChI is InChI=1S/C5H11ClO/c1-3-5(2,7)4-6/h7H,3-4H2,1-2H3. The summed E-state index contributed by atoms with van der Waals surface area (Å²) in [5.74, 6) is 0.323. The number of hydrogen-bond acceptors (Lipinski definition) is 1. The number of rotatable bonds is 2. The third-order valence-electron chi connectivity index (χ3n) is 1.05. The highest BCUT2D eigenvalue weighted by atomic mass is 35.5. The Morgan fingerprint density at radius 1 is 1.71 bits per heavy atom. The lowest BCUT2D eigenvalue weighted by Gasteiger charge is -2.15. The maximum atomic E-state index is 9.00. The van der Waals surface area contributed by atoms with Crippen molar-refractivity contribution in [1.82, 2.24) is 0 Å². The lowest BCUT2D eigenvalue weighted by Crippen LogP contribution is -2.24. The predicted octanol–water partition coefficient (Wildman–Crippen LogP) is 1.39. The van der Waals surface area contributed by atoms with Crippen LogP contribution in [0.4, 0.5) is 0 Å². The monoisotopic (exact) mass is 122 g/mol. The summed E-state index contributed by atoms with van der Waals surface area (Å²) < 4.78 is 0. The van der Waals surface area contributed by atoms with Crippen LogP contribution in [-0.4, -0.2) is 16.6 Å². The maximum Gasteiger partial charge on any atom is 0.0751 e. The highest BCUT2D eigenvalue weighted by Gasteiger charge is 2.13. The van der Waals surface area contributed by atoms with E-state index in [2.05, 4.69) is 0 Å². The molecule has 0 radical (unpaired) electrons. The third-order valence-corrected chi connectivity index (χ3v) is 1.63. The van der Waals surface area contributed by atoms with E-state index >= 15 is 0 Å². The predicted molar refractivity (Wildman–Crippen MR) is 31.6 cm³/mol. The molecule has 0 aliphatic rings. The summed E-state index contributed by atoms with van der Waals surface area (Å²) in [6.07, 6.45) is 0.719. The first kappa shape index (κ1) is 7.25. The summed E-state index contributed by atoms with van der Waals surface area (Å²) in [4.78, 5) is 0. The van der Waals surface area contributed by atoms with E-state index in [0.29, 0.717) is 5.88 Å². The lowest BCUT2D eigenvalue weighted by molar-refractivity contribution is 0.0801. The van der Waals surface area contributed by atoms with Gasteiger partial charge in [-0.3, -0.25) is 0 Å². The zero-order valence-electron chi connectivity index (χ0n) is 4.74. The molecule has 0 aliphatic carbocycles. The largest absolute Gasteiger partial charge is 0.389 e. The van der Waals surface area contributed by atoms with Crippen LogP contribution >= 0.6 is 11.6 Å². The van der Waals surface area contributed by atoms with Gasteiger partial charge in [0.2, 0.25) is 0 Å². The van der Waals surface area contributed by atoms with E-state index in [4.69, 9.17) is 16.7 Å². The molecule has 0 amide bonds. The van der Waals surface area contributed by atoms with Crippen LogP contribution in [0.5, 0.6) is 0 Å². The molecule has 0 saturated heterocycles. The highest BCUT2D eigenvalue weighted by Crippen LogP contribution is 2.08. The van der Waals surface area contributed by atoms with E-state index in [1.54, 1.807) is 6.92 Å². The molecule has 44 valence electrons. The fraction of sp³-hybridized carbons (Fsp3) is 1.00. The van der Waals surface area contributed by atoms with Gasteiger partial charge in [0.15, 0.2) is 0 Å².